The average Bonchev–Trinajstić information content (AvgIpc) is 3.23. The molecule has 0 radical (unpaired) electrons. The molecule has 0 aliphatic carbocycles. The van der Waals surface area contributed by atoms with Gasteiger partial charge in [-0.2, -0.15) is 0 Å². The van der Waals surface area contributed by atoms with Gasteiger partial charge in [0.25, 0.3) is 0 Å². The Hall–Kier alpha value is -3.62. The van der Waals surface area contributed by atoms with Gasteiger partial charge in [0.15, 0.2) is 23.0 Å². The van der Waals surface area contributed by atoms with Crippen molar-refractivity contribution >= 4 is 17.5 Å². The van der Waals surface area contributed by atoms with E-state index in [4.69, 9.17) is 23.7 Å². The number of ether oxygens (including phenoxy) is 5. The number of hydrogen-bond acceptors (Lipinski definition) is 7. The summed E-state index contributed by atoms with van der Waals surface area (Å²) in [5.74, 6) is 2.15. The second-order valence-corrected chi connectivity index (χ2v) is 7.47. The summed E-state index contributed by atoms with van der Waals surface area (Å²) in [5.41, 5.74) is 1.43. The van der Waals surface area contributed by atoms with Gasteiger partial charge in [0.05, 0.1) is 27.2 Å². The molecule has 0 bridgehead atoms. The summed E-state index contributed by atoms with van der Waals surface area (Å²) >= 11 is 0. The number of hydrogen-bond donors (Lipinski definition) is 1. The molecule has 2 aliphatic heterocycles. The van der Waals surface area contributed by atoms with Crippen LogP contribution in [-0.4, -0.2) is 52.9 Å². The number of nitrogens with zero attached hydrogens (tertiary/aromatic N) is 1. The number of rotatable bonds is 7. The quantitative estimate of drug-likeness (QED) is 0.702. The number of nitrogens with one attached hydrogen (secondary N) is 1. The van der Waals surface area contributed by atoms with Crippen LogP contribution in [0.25, 0.3) is 0 Å². The molecule has 0 spiro atoms. The predicted molar refractivity (Wildman–Crippen MR) is 116 cm³/mol. The Kier molecular flexibility index (Phi) is 6.25. The summed E-state index contributed by atoms with van der Waals surface area (Å²) in [6.45, 7) is 1.50. The van der Waals surface area contributed by atoms with Gasteiger partial charge >= 0.3 is 0 Å². The summed E-state index contributed by atoms with van der Waals surface area (Å²) in [6, 6.07) is 8.84. The third-order valence-corrected chi connectivity index (χ3v) is 5.57. The van der Waals surface area contributed by atoms with Crippen LogP contribution in [0, 0.1) is 5.92 Å². The molecule has 9 heteroatoms. The van der Waals surface area contributed by atoms with E-state index in [-0.39, 0.29) is 24.8 Å². The predicted octanol–water partition coefficient (Wildman–Crippen LogP) is 2.15. The SMILES string of the molecule is COc1cc(OC)c(OC)cc1CNC(=O)C1CC(=O)N(c2ccc3c(c2)OCCO3)C1. The van der Waals surface area contributed by atoms with Crippen LogP contribution in [-0.2, 0) is 16.1 Å². The van der Waals surface area contributed by atoms with E-state index in [2.05, 4.69) is 5.32 Å². The minimum absolute atomic E-state index is 0.106. The summed E-state index contributed by atoms with van der Waals surface area (Å²) in [6.07, 6.45) is 0.142. The zero-order valence-electron chi connectivity index (χ0n) is 18.3. The van der Waals surface area contributed by atoms with Gasteiger partial charge in [-0.3, -0.25) is 9.59 Å². The molecule has 1 N–H and O–H groups in total. The van der Waals surface area contributed by atoms with Crippen molar-refractivity contribution in [3.8, 4) is 28.7 Å². The smallest absolute Gasteiger partial charge is 0.227 e. The topological polar surface area (TPSA) is 95.6 Å². The standard InChI is InChI=1S/C23H26N2O7/c1-28-18-11-20(30-3)19(29-2)8-14(18)12-24-23(27)15-9-22(26)25(13-15)16-4-5-17-21(10-16)32-7-6-31-17/h4-5,8,10-11,15H,6-7,9,12-13H2,1-3H3,(H,24,27). The molecule has 1 unspecified atom stereocenters. The molecule has 4 rings (SSSR count). The molecule has 1 fully saturated rings. The van der Waals surface area contributed by atoms with Crippen LogP contribution >= 0.6 is 0 Å². The highest BCUT2D eigenvalue weighted by Gasteiger charge is 2.35. The zero-order chi connectivity index (χ0) is 22.7. The molecular formula is C23H26N2O7. The molecule has 9 nitrogen and oxygen atoms in total. The maximum atomic E-state index is 12.8. The molecule has 1 atom stereocenters. The Labute approximate surface area is 186 Å². The number of carbonyl (C=O) groups is 2. The fraction of sp³-hybridized carbons (Fsp3) is 0.391. The second-order valence-electron chi connectivity index (χ2n) is 7.47. The van der Waals surface area contributed by atoms with Crippen LogP contribution in [0.5, 0.6) is 28.7 Å². The van der Waals surface area contributed by atoms with Gasteiger partial charge in [0.2, 0.25) is 11.8 Å². The van der Waals surface area contributed by atoms with Crippen molar-refractivity contribution in [1.29, 1.82) is 0 Å². The number of methoxy groups -OCH3 is 3. The van der Waals surface area contributed by atoms with Crippen molar-refractivity contribution < 1.29 is 33.3 Å². The highest BCUT2D eigenvalue weighted by atomic mass is 16.6. The Balaban J connectivity index is 1.42. The van der Waals surface area contributed by atoms with Gasteiger partial charge in [0.1, 0.15) is 19.0 Å². The van der Waals surface area contributed by atoms with Gasteiger partial charge in [-0.15, -0.1) is 0 Å². The fourth-order valence-corrected chi connectivity index (χ4v) is 3.89. The first-order chi connectivity index (χ1) is 15.5. The number of anilines is 1. The molecular weight excluding hydrogens is 416 g/mol. The first-order valence-corrected chi connectivity index (χ1v) is 10.3. The van der Waals surface area contributed by atoms with E-state index in [0.717, 1.165) is 5.56 Å². The number of fused-ring (bicyclic) bond motifs is 1. The Morgan fingerprint density at radius 2 is 1.69 bits per heavy atom. The molecule has 2 aromatic carbocycles. The van der Waals surface area contributed by atoms with Crippen molar-refractivity contribution in [2.24, 2.45) is 5.92 Å². The molecule has 2 aliphatic rings. The molecule has 2 aromatic rings. The van der Waals surface area contributed by atoms with E-state index >= 15 is 0 Å². The normalized spacial score (nSPS) is 17.2. The summed E-state index contributed by atoms with van der Waals surface area (Å²) in [7, 11) is 4.64. The van der Waals surface area contributed by atoms with Crippen molar-refractivity contribution in [3.05, 3.63) is 35.9 Å². The molecule has 170 valence electrons. The first-order valence-electron chi connectivity index (χ1n) is 10.3. The highest BCUT2D eigenvalue weighted by molar-refractivity contribution is 6.00. The summed E-state index contributed by atoms with van der Waals surface area (Å²) in [4.78, 5) is 27.0. The van der Waals surface area contributed by atoms with Crippen LogP contribution in [0.15, 0.2) is 30.3 Å². The van der Waals surface area contributed by atoms with Crippen LogP contribution in [0.1, 0.15) is 12.0 Å². The van der Waals surface area contributed by atoms with E-state index in [1.165, 1.54) is 0 Å². The van der Waals surface area contributed by atoms with Crippen molar-refractivity contribution in [1.82, 2.24) is 5.32 Å². The summed E-state index contributed by atoms with van der Waals surface area (Å²) < 4.78 is 27.2. The third-order valence-electron chi connectivity index (χ3n) is 5.57. The van der Waals surface area contributed by atoms with E-state index in [0.29, 0.717) is 54.2 Å². The minimum atomic E-state index is -0.457. The molecule has 1 saturated heterocycles. The maximum Gasteiger partial charge on any atom is 0.227 e. The zero-order valence-corrected chi connectivity index (χ0v) is 18.3. The molecule has 2 amide bonds. The van der Waals surface area contributed by atoms with Crippen LogP contribution in [0.4, 0.5) is 5.69 Å². The highest BCUT2D eigenvalue weighted by Crippen LogP contribution is 2.37. The third kappa shape index (κ3) is 4.23. The van der Waals surface area contributed by atoms with E-state index in [1.807, 2.05) is 0 Å². The lowest BCUT2D eigenvalue weighted by Crippen LogP contribution is -2.32. The maximum absolute atomic E-state index is 12.8. The van der Waals surface area contributed by atoms with E-state index in [9.17, 15) is 9.59 Å². The lowest BCUT2D eigenvalue weighted by atomic mass is 10.1. The molecule has 32 heavy (non-hydrogen) atoms. The van der Waals surface area contributed by atoms with Gasteiger partial charge in [-0.05, 0) is 18.2 Å². The second kappa shape index (κ2) is 9.25. The minimum Gasteiger partial charge on any atom is -0.496 e. The Morgan fingerprint density at radius 1 is 1.00 bits per heavy atom. The van der Waals surface area contributed by atoms with E-state index < -0.39 is 5.92 Å². The molecule has 0 aromatic heterocycles. The van der Waals surface area contributed by atoms with Crippen LogP contribution in [0.2, 0.25) is 0 Å². The van der Waals surface area contributed by atoms with Crippen molar-refractivity contribution in [2.45, 2.75) is 13.0 Å². The lowest BCUT2D eigenvalue weighted by molar-refractivity contribution is -0.126. The van der Waals surface area contributed by atoms with Gasteiger partial charge < -0.3 is 33.9 Å². The summed E-state index contributed by atoms with van der Waals surface area (Å²) in [5, 5.41) is 2.91. The van der Waals surface area contributed by atoms with Crippen molar-refractivity contribution in [3.63, 3.8) is 0 Å². The lowest BCUT2D eigenvalue weighted by Gasteiger charge is -2.22. The first kappa shape index (κ1) is 21.6. The Bertz CT molecular complexity index is 1020. The average molecular weight is 442 g/mol. The number of carbonyl (C=O) groups excluding carboxylic acids is 2. The van der Waals surface area contributed by atoms with Gasteiger partial charge in [0, 0.05) is 42.9 Å². The number of benzene rings is 2. The van der Waals surface area contributed by atoms with Crippen molar-refractivity contribution in [2.75, 3.05) is 46.0 Å². The van der Waals surface area contributed by atoms with Crippen LogP contribution < -0.4 is 33.9 Å². The Morgan fingerprint density at radius 3 is 2.41 bits per heavy atom. The van der Waals surface area contributed by atoms with E-state index in [1.54, 1.807) is 56.6 Å². The molecule has 2 heterocycles. The number of amides is 2. The molecule has 0 saturated carbocycles. The fourth-order valence-electron chi connectivity index (χ4n) is 3.89. The van der Waals surface area contributed by atoms with Gasteiger partial charge in [-0.1, -0.05) is 0 Å². The van der Waals surface area contributed by atoms with Crippen LogP contribution in [0.3, 0.4) is 0 Å². The largest absolute Gasteiger partial charge is 0.496 e. The van der Waals surface area contributed by atoms with Gasteiger partial charge in [-0.25, -0.2) is 0 Å². The monoisotopic (exact) mass is 442 g/mol.